The van der Waals surface area contributed by atoms with E-state index in [0.717, 1.165) is 28.3 Å². The van der Waals surface area contributed by atoms with Gasteiger partial charge in [0, 0.05) is 12.5 Å². The number of benzene rings is 3. The van der Waals surface area contributed by atoms with E-state index in [1.54, 1.807) is 6.07 Å². The van der Waals surface area contributed by atoms with Gasteiger partial charge in [0.2, 0.25) is 0 Å². The molecule has 0 spiro atoms. The van der Waals surface area contributed by atoms with Gasteiger partial charge in [-0.15, -0.1) is 0 Å². The number of hydrogen-bond donors (Lipinski definition) is 3. The molecular weight excluding hydrogens is 411 g/mol. The van der Waals surface area contributed by atoms with E-state index in [1.807, 2.05) is 48.5 Å². The Labute approximate surface area is 184 Å². The summed E-state index contributed by atoms with van der Waals surface area (Å²) < 4.78 is 19.1. The molecule has 0 aromatic heterocycles. The SMILES string of the molecule is N#Cc1ccc(C(O)C(O)CNC(=O)OCC2c3ccccc3-c3ccccc32)cc1F. The number of aliphatic hydroxyl groups excluding tert-OH is 2. The summed E-state index contributed by atoms with van der Waals surface area (Å²) in [6, 6.07) is 21.2. The first-order valence-corrected chi connectivity index (χ1v) is 10.1. The van der Waals surface area contributed by atoms with E-state index < -0.39 is 24.1 Å². The summed E-state index contributed by atoms with van der Waals surface area (Å²) in [7, 11) is 0. The lowest BCUT2D eigenvalue weighted by Gasteiger charge is -2.19. The molecule has 32 heavy (non-hydrogen) atoms. The Morgan fingerprint density at radius 2 is 1.69 bits per heavy atom. The molecule has 1 aliphatic carbocycles. The molecule has 3 N–H and O–H groups in total. The van der Waals surface area contributed by atoms with Gasteiger partial charge in [0.05, 0.1) is 5.56 Å². The van der Waals surface area contributed by atoms with E-state index in [-0.39, 0.29) is 30.2 Å². The molecule has 0 aliphatic heterocycles. The number of carbonyl (C=O) groups is 1. The molecule has 0 fully saturated rings. The maximum atomic E-state index is 13.7. The van der Waals surface area contributed by atoms with Gasteiger partial charge in [0.25, 0.3) is 0 Å². The fourth-order valence-corrected chi connectivity index (χ4v) is 3.98. The molecule has 2 unspecified atom stereocenters. The number of amides is 1. The van der Waals surface area contributed by atoms with Crippen molar-refractivity contribution in [3.8, 4) is 17.2 Å². The average Bonchev–Trinajstić information content (AvgIpc) is 3.14. The van der Waals surface area contributed by atoms with Crippen LogP contribution in [-0.4, -0.2) is 35.6 Å². The lowest BCUT2D eigenvalue weighted by atomic mass is 9.98. The summed E-state index contributed by atoms with van der Waals surface area (Å²) in [6.45, 7) is -0.168. The van der Waals surface area contributed by atoms with Gasteiger partial charge < -0.3 is 20.3 Å². The Kier molecular flexibility index (Phi) is 6.17. The van der Waals surface area contributed by atoms with Gasteiger partial charge in [-0.3, -0.25) is 0 Å². The van der Waals surface area contributed by atoms with Crippen LogP contribution in [0.3, 0.4) is 0 Å². The lowest BCUT2D eigenvalue weighted by Crippen LogP contribution is -2.36. The minimum absolute atomic E-state index is 0.0923. The summed E-state index contributed by atoms with van der Waals surface area (Å²) in [4.78, 5) is 12.2. The molecule has 0 saturated carbocycles. The van der Waals surface area contributed by atoms with Crippen molar-refractivity contribution in [1.82, 2.24) is 5.32 Å². The molecule has 4 rings (SSSR count). The number of alkyl carbamates (subject to hydrolysis) is 1. The normalized spacial score (nSPS) is 14.1. The van der Waals surface area contributed by atoms with Crippen molar-refractivity contribution >= 4 is 6.09 Å². The Bertz CT molecular complexity index is 1150. The smallest absolute Gasteiger partial charge is 0.407 e. The second-order valence-electron chi connectivity index (χ2n) is 7.57. The van der Waals surface area contributed by atoms with Crippen LogP contribution in [0.4, 0.5) is 9.18 Å². The molecule has 3 aromatic rings. The van der Waals surface area contributed by atoms with Gasteiger partial charge in [0.15, 0.2) is 0 Å². The van der Waals surface area contributed by atoms with Gasteiger partial charge >= 0.3 is 6.09 Å². The maximum Gasteiger partial charge on any atom is 0.407 e. The number of halogens is 1. The molecule has 6 nitrogen and oxygen atoms in total. The van der Waals surface area contributed by atoms with E-state index in [0.29, 0.717) is 0 Å². The Balaban J connectivity index is 1.34. The molecule has 1 amide bonds. The minimum Gasteiger partial charge on any atom is -0.449 e. The van der Waals surface area contributed by atoms with E-state index >= 15 is 0 Å². The van der Waals surface area contributed by atoms with Gasteiger partial charge in [-0.2, -0.15) is 5.26 Å². The molecule has 0 heterocycles. The zero-order chi connectivity index (χ0) is 22.7. The standard InChI is InChI=1S/C25H21FN2O4/c26-22-11-15(9-10-16(22)12-27)24(30)23(29)13-28-25(31)32-14-21-19-7-3-1-5-17(19)18-6-2-4-8-20(18)21/h1-11,21,23-24,29-30H,13-14H2,(H,28,31). The highest BCUT2D eigenvalue weighted by Gasteiger charge is 2.29. The highest BCUT2D eigenvalue weighted by Crippen LogP contribution is 2.44. The maximum absolute atomic E-state index is 13.7. The summed E-state index contributed by atoms with van der Waals surface area (Å²) in [5, 5.41) is 31.6. The Morgan fingerprint density at radius 1 is 1.06 bits per heavy atom. The van der Waals surface area contributed by atoms with Crippen LogP contribution in [0.25, 0.3) is 11.1 Å². The first-order chi connectivity index (χ1) is 15.5. The molecule has 0 saturated heterocycles. The highest BCUT2D eigenvalue weighted by molar-refractivity contribution is 5.79. The van der Waals surface area contributed by atoms with Crippen LogP contribution < -0.4 is 5.32 Å². The van der Waals surface area contributed by atoms with Crippen molar-refractivity contribution in [3.63, 3.8) is 0 Å². The van der Waals surface area contributed by atoms with E-state index in [2.05, 4.69) is 5.32 Å². The fourth-order valence-electron chi connectivity index (χ4n) is 3.98. The van der Waals surface area contributed by atoms with Crippen molar-refractivity contribution in [2.24, 2.45) is 0 Å². The number of rotatable bonds is 6. The largest absolute Gasteiger partial charge is 0.449 e. The third-order valence-electron chi connectivity index (χ3n) is 5.62. The van der Waals surface area contributed by atoms with Crippen molar-refractivity contribution in [1.29, 1.82) is 5.26 Å². The monoisotopic (exact) mass is 432 g/mol. The van der Waals surface area contributed by atoms with Gasteiger partial charge in [0.1, 0.15) is 30.7 Å². The first kappa shape index (κ1) is 21.5. The minimum atomic E-state index is -1.44. The Hall–Kier alpha value is -3.73. The van der Waals surface area contributed by atoms with Gasteiger partial charge in [-0.25, -0.2) is 9.18 Å². The number of ether oxygens (including phenoxy) is 1. The van der Waals surface area contributed by atoms with Gasteiger partial charge in [-0.1, -0.05) is 54.6 Å². The van der Waals surface area contributed by atoms with Gasteiger partial charge in [-0.05, 0) is 39.9 Å². The van der Waals surface area contributed by atoms with Crippen LogP contribution in [0.1, 0.15) is 34.3 Å². The van der Waals surface area contributed by atoms with E-state index in [4.69, 9.17) is 10.00 Å². The zero-order valence-corrected chi connectivity index (χ0v) is 17.0. The van der Waals surface area contributed by atoms with Crippen molar-refractivity contribution in [2.45, 2.75) is 18.1 Å². The van der Waals surface area contributed by atoms with Crippen LogP contribution in [0, 0.1) is 17.1 Å². The number of carbonyl (C=O) groups excluding carboxylic acids is 1. The van der Waals surface area contributed by atoms with Crippen LogP contribution in [0.5, 0.6) is 0 Å². The molecule has 2 atom stereocenters. The summed E-state index contributed by atoms with van der Waals surface area (Å²) in [5.74, 6) is -0.883. The van der Waals surface area contributed by atoms with Crippen LogP contribution >= 0.6 is 0 Å². The first-order valence-electron chi connectivity index (χ1n) is 10.1. The predicted octanol–water partition coefficient (Wildman–Crippen LogP) is 3.63. The number of nitrogens with zero attached hydrogens (tertiary/aromatic N) is 1. The fraction of sp³-hybridized carbons (Fsp3) is 0.200. The number of fused-ring (bicyclic) bond motifs is 3. The van der Waals surface area contributed by atoms with E-state index in [1.165, 1.54) is 12.1 Å². The van der Waals surface area contributed by atoms with Crippen molar-refractivity contribution < 1.29 is 24.1 Å². The second kappa shape index (κ2) is 9.18. The topological polar surface area (TPSA) is 103 Å². The molecule has 3 aromatic carbocycles. The number of nitriles is 1. The van der Waals surface area contributed by atoms with Crippen LogP contribution in [-0.2, 0) is 4.74 Å². The highest BCUT2D eigenvalue weighted by atomic mass is 19.1. The number of hydrogen-bond acceptors (Lipinski definition) is 5. The zero-order valence-electron chi connectivity index (χ0n) is 17.0. The van der Waals surface area contributed by atoms with Crippen LogP contribution in [0.2, 0.25) is 0 Å². The predicted molar refractivity (Wildman–Crippen MR) is 115 cm³/mol. The van der Waals surface area contributed by atoms with Crippen molar-refractivity contribution in [2.75, 3.05) is 13.2 Å². The number of aliphatic hydroxyl groups is 2. The molecule has 0 bridgehead atoms. The summed E-state index contributed by atoms with van der Waals surface area (Å²) in [6.07, 6.45) is -3.56. The molecule has 1 aliphatic rings. The third kappa shape index (κ3) is 4.19. The second-order valence-corrected chi connectivity index (χ2v) is 7.57. The third-order valence-corrected chi connectivity index (χ3v) is 5.62. The number of nitrogens with one attached hydrogen (secondary N) is 1. The Morgan fingerprint density at radius 3 is 2.28 bits per heavy atom. The lowest BCUT2D eigenvalue weighted by molar-refractivity contribution is 0.0184. The molecule has 0 radical (unpaired) electrons. The summed E-state index contributed by atoms with van der Waals surface area (Å²) >= 11 is 0. The van der Waals surface area contributed by atoms with E-state index in [9.17, 15) is 19.4 Å². The quantitative estimate of drug-likeness (QED) is 0.552. The molecule has 162 valence electrons. The molecular formula is C25H21FN2O4. The average molecular weight is 432 g/mol. The van der Waals surface area contributed by atoms with Crippen LogP contribution in [0.15, 0.2) is 66.7 Å². The molecule has 7 heteroatoms. The van der Waals surface area contributed by atoms with Crippen molar-refractivity contribution in [3.05, 3.63) is 94.8 Å². The summed E-state index contributed by atoms with van der Waals surface area (Å²) in [5.41, 5.74) is 4.34.